The number of sulfonamides is 1. The molecule has 8 nitrogen and oxygen atoms in total. The molecular formula is C20H23N5O3S. The van der Waals surface area contributed by atoms with Gasteiger partial charge in [0.2, 0.25) is 10.0 Å². The van der Waals surface area contributed by atoms with Gasteiger partial charge >= 0.3 is 0 Å². The van der Waals surface area contributed by atoms with Crippen molar-refractivity contribution in [2.45, 2.75) is 13.5 Å². The molecule has 0 spiro atoms. The van der Waals surface area contributed by atoms with Crippen LogP contribution in [0.1, 0.15) is 23.0 Å². The zero-order chi connectivity index (χ0) is 21.0. The maximum absolute atomic E-state index is 12.6. The van der Waals surface area contributed by atoms with Gasteiger partial charge in [0.25, 0.3) is 5.91 Å². The van der Waals surface area contributed by atoms with Crippen molar-refractivity contribution in [3.05, 3.63) is 66.1 Å². The third-order valence-electron chi connectivity index (χ3n) is 4.43. The summed E-state index contributed by atoms with van der Waals surface area (Å²) in [6, 6.07) is 12.9. The zero-order valence-electron chi connectivity index (χ0n) is 16.5. The molecule has 0 radical (unpaired) electrons. The Labute approximate surface area is 170 Å². The Morgan fingerprint density at radius 2 is 1.93 bits per heavy atom. The van der Waals surface area contributed by atoms with E-state index in [0.717, 1.165) is 28.8 Å². The Bertz CT molecular complexity index is 1090. The van der Waals surface area contributed by atoms with E-state index in [1.54, 1.807) is 41.2 Å². The van der Waals surface area contributed by atoms with Crippen LogP contribution in [-0.4, -0.2) is 53.8 Å². The summed E-state index contributed by atoms with van der Waals surface area (Å²) in [5.74, 6) is -0.162. The van der Waals surface area contributed by atoms with E-state index in [0.29, 0.717) is 12.2 Å². The normalized spacial score (nSPS) is 11.4. The van der Waals surface area contributed by atoms with Crippen LogP contribution >= 0.6 is 0 Å². The summed E-state index contributed by atoms with van der Waals surface area (Å²) in [6.07, 6.45) is 4.48. The van der Waals surface area contributed by atoms with E-state index in [4.69, 9.17) is 0 Å². The lowest BCUT2D eigenvalue weighted by atomic mass is 10.1. The summed E-state index contributed by atoms with van der Waals surface area (Å²) in [5.41, 5.74) is 3.50. The molecule has 0 bridgehead atoms. The van der Waals surface area contributed by atoms with Gasteiger partial charge in [-0.15, -0.1) is 0 Å². The predicted molar refractivity (Wildman–Crippen MR) is 111 cm³/mol. The highest BCUT2D eigenvalue weighted by Crippen LogP contribution is 2.25. The van der Waals surface area contributed by atoms with Crippen molar-refractivity contribution < 1.29 is 13.2 Å². The van der Waals surface area contributed by atoms with Crippen molar-refractivity contribution in [1.82, 2.24) is 24.4 Å². The van der Waals surface area contributed by atoms with Gasteiger partial charge in [-0.05, 0) is 30.7 Å². The first-order chi connectivity index (χ1) is 13.8. The number of amides is 1. The fourth-order valence-corrected chi connectivity index (χ4v) is 3.14. The quantitative estimate of drug-likeness (QED) is 0.640. The molecule has 0 fully saturated rings. The highest BCUT2D eigenvalue weighted by Gasteiger charge is 2.19. The van der Waals surface area contributed by atoms with Crippen molar-refractivity contribution in [2.24, 2.45) is 0 Å². The van der Waals surface area contributed by atoms with E-state index in [2.05, 4.69) is 14.8 Å². The number of nitrogens with one attached hydrogen (secondary N) is 1. The second-order valence-electron chi connectivity index (χ2n) is 6.65. The average Bonchev–Trinajstić information content (AvgIpc) is 3.17. The monoisotopic (exact) mass is 413 g/mol. The summed E-state index contributed by atoms with van der Waals surface area (Å²) in [7, 11) is -1.53. The van der Waals surface area contributed by atoms with E-state index in [-0.39, 0.29) is 12.5 Å². The van der Waals surface area contributed by atoms with Crippen LogP contribution in [0.25, 0.3) is 16.9 Å². The van der Waals surface area contributed by atoms with Crippen LogP contribution in [0.3, 0.4) is 0 Å². The molecule has 1 N–H and O–H groups in total. The smallest absolute Gasteiger partial charge is 0.274 e. The molecule has 0 aliphatic carbocycles. The molecule has 0 saturated heterocycles. The van der Waals surface area contributed by atoms with Crippen LogP contribution in [0.5, 0.6) is 0 Å². The maximum atomic E-state index is 12.6. The van der Waals surface area contributed by atoms with Crippen LogP contribution in [0.15, 0.2) is 54.9 Å². The minimum absolute atomic E-state index is 0.162. The van der Waals surface area contributed by atoms with Gasteiger partial charge in [0.15, 0.2) is 5.69 Å². The molecule has 9 heteroatoms. The Morgan fingerprint density at radius 3 is 2.52 bits per heavy atom. The molecule has 29 heavy (non-hydrogen) atoms. The molecule has 0 saturated carbocycles. The second kappa shape index (κ2) is 8.54. The molecule has 3 rings (SSSR count). The van der Waals surface area contributed by atoms with Gasteiger partial charge in [0.1, 0.15) is 0 Å². The minimum atomic E-state index is -3.26. The van der Waals surface area contributed by atoms with E-state index >= 15 is 0 Å². The first-order valence-corrected chi connectivity index (χ1v) is 11.0. The molecule has 2 aromatic heterocycles. The fourth-order valence-electron chi connectivity index (χ4n) is 2.71. The number of rotatable bonds is 7. The van der Waals surface area contributed by atoms with Crippen LogP contribution in [-0.2, 0) is 16.6 Å². The van der Waals surface area contributed by atoms with E-state index in [1.807, 2.05) is 37.3 Å². The van der Waals surface area contributed by atoms with Crippen molar-refractivity contribution in [1.29, 1.82) is 0 Å². The van der Waals surface area contributed by atoms with Crippen molar-refractivity contribution in [3.63, 3.8) is 0 Å². The van der Waals surface area contributed by atoms with Gasteiger partial charge in [-0.25, -0.2) is 17.8 Å². The van der Waals surface area contributed by atoms with Gasteiger partial charge in [-0.2, -0.15) is 5.10 Å². The predicted octanol–water partition coefficient (Wildman–Crippen LogP) is 2.08. The van der Waals surface area contributed by atoms with E-state index in [1.165, 1.54) is 0 Å². The van der Waals surface area contributed by atoms with Crippen LogP contribution in [0.4, 0.5) is 0 Å². The topological polar surface area (TPSA) is 97.2 Å². The summed E-state index contributed by atoms with van der Waals surface area (Å²) in [5, 5.41) is 4.51. The molecule has 1 amide bonds. The highest BCUT2D eigenvalue weighted by atomic mass is 32.2. The summed E-state index contributed by atoms with van der Waals surface area (Å²) in [4.78, 5) is 18.3. The average molecular weight is 414 g/mol. The lowest BCUT2D eigenvalue weighted by molar-refractivity contribution is 0.0796. The molecule has 1 aromatic carbocycles. The second-order valence-corrected chi connectivity index (χ2v) is 8.48. The van der Waals surface area contributed by atoms with Crippen LogP contribution in [0.2, 0.25) is 0 Å². The van der Waals surface area contributed by atoms with Crippen molar-refractivity contribution >= 4 is 15.9 Å². The number of benzene rings is 1. The minimum Gasteiger partial charge on any atom is -0.341 e. The maximum Gasteiger partial charge on any atom is 0.274 e. The Hall–Kier alpha value is -3.04. The summed E-state index contributed by atoms with van der Waals surface area (Å²) < 4.78 is 26.7. The molecule has 3 aromatic rings. The van der Waals surface area contributed by atoms with Gasteiger partial charge in [-0.3, -0.25) is 9.78 Å². The number of nitrogens with zero attached hydrogens (tertiary/aromatic N) is 4. The lowest BCUT2D eigenvalue weighted by Crippen LogP contribution is -2.26. The highest BCUT2D eigenvalue weighted by molar-refractivity contribution is 7.88. The SMILES string of the molecule is CCN(C)C(=O)c1cc(-c2ccc(CNS(C)(=O)=O)cc2)n(-c2cccnc2)n1. The molecule has 0 unspecified atom stereocenters. The Balaban J connectivity index is 1.99. The summed E-state index contributed by atoms with van der Waals surface area (Å²) >= 11 is 0. The van der Waals surface area contributed by atoms with Crippen molar-refractivity contribution in [2.75, 3.05) is 19.8 Å². The van der Waals surface area contributed by atoms with E-state index < -0.39 is 10.0 Å². The zero-order valence-corrected chi connectivity index (χ0v) is 17.3. The summed E-state index contributed by atoms with van der Waals surface area (Å²) in [6.45, 7) is 2.70. The van der Waals surface area contributed by atoms with Crippen LogP contribution < -0.4 is 4.72 Å². The van der Waals surface area contributed by atoms with Crippen LogP contribution in [0, 0.1) is 0 Å². The Morgan fingerprint density at radius 1 is 1.21 bits per heavy atom. The largest absolute Gasteiger partial charge is 0.341 e. The number of pyridine rings is 1. The molecule has 2 heterocycles. The number of carbonyl (C=O) groups is 1. The molecular weight excluding hydrogens is 390 g/mol. The molecule has 0 atom stereocenters. The number of carbonyl (C=O) groups excluding carboxylic acids is 1. The standard InChI is InChI=1S/C20H23N5O3S/c1-4-24(2)20(26)18-12-19(25(23-18)17-6-5-11-21-14-17)16-9-7-15(8-10-16)13-22-29(3,27)28/h5-12,14,22H,4,13H2,1-3H3. The van der Waals surface area contributed by atoms with E-state index in [9.17, 15) is 13.2 Å². The number of aromatic nitrogens is 3. The molecule has 0 aliphatic rings. The van der Waals surface area contributed by atoms with Gasteiger partial charge in [0, 0.05) is 31.9 Å². The van der Waals surface area contributed by atoms with Gasteiger partial charge in [0.05, 0.1) is 23.8 Å². The van der Waals surface area contributed by atoms with Gasteiger partial charge < -0.3 is 4.90 Å². The third kappa shape index (κ3) is 5.07. The number of hydrogen-bond donors (Lipinski definition) is 1. The third-order valence-corrected chi connectivity index (χ3v) is 5.10. The first-order valence-electron chi connectivity index (χ1n) is 9.08. The molecule has 152 valence electrons. The Kier molecular flexibility index (Phi) is 6.09. The fraction of sp³-hybridized carbons (Fsp3) is 0.250. The van der Waals surface area contributed by atoms with Gasteiger partial charge in [-0.1, -0.05) is 24.3 Å². The lowest BCUT2D eigenvalue weighted by Gasteiger charge is -2.11. The van der Waals surface area contributed by atoms with Crippen molar-refractivity contribution in [3.8, 4) is 16.9 Å². The number of hydrogen-bond acceptors (Lipinski definition) is 5. The first kappa shape index (κ1) is 20.7. The molecule has 0 aliphatic heterocycles.